The van der Waals surface area contributed by atoms with Crippen LogP contribution in [-0.2, 0) is 6.54 Å². The highest BCUT2D eigenvalue weighted by molar-refractivity contribution is 5.93. The molecular weight excluding hydrogens is 332 g/mol. The van der Waals surface area contributed by atoms with Crippen LogP contribution in [0.4, 0.5) is 0 Å². The topological polar surface area (TPSA) is 102 Å². The van der Waals surface area contributed by atoms with E-state index in [1.165, 1.54) is 4.80 Å². The van der Waals surface area contributed by atoms with Gasteiger partial charge in [-0.15, -0.1) is 0 Å². The molecule has 8 heteroatoms. The Morgan fingerprint density at radius 3 is 2.69 bits per heavy atom. The predicted molar refractivity (Wildman–Crippen MR) is 93.0 cm³/mol. The number of H-pyrrole nitrogens is 1. The van der Waals surface area contributed by atoms with Crippen molar-refractivity contribution in [3.05, 3.63) is 78.4 Å². The molecule has 8 nitrogen and oxygen atoms in total. The van der Waals surface area contributed by atoms with Crippen molar-refractivity contribution >= 4 is 5.91 Å². The second-order valence-corrected chi connectivity index (χ2v) is 5.66. The Labute approximate surface area is 148 Å². The molecule has 0 saturated carbocycles. The summed E-state index contributed by atoms with van der Waals surface area (Å²) >= 11 is 0. The van der Waals surface area contributed by atoms with Crippen LogP contribution < -0.4 is 5.32 Å². The molecule has 1 amide bonds. The predicted octanol–water partition coefficient (Wildman–Crippen LogP) is 2.43. The zero-order valence-electron chi connectivity index (χ0n) is 13.7. The molecular formula is C18H16N6O2. The summed E-state index contributed by atoms with van der Waals surface area (Å²) in [5, 5.41) is 18.1. The summed E-state index contributed by atoms with van der Waals surface area (Å²) in [5.74, 6) is 0.331. The molecule has 0 spiro atoms. The first-order chi connectivity index (χ1) is 12.8. The maximum Gasteiger partial charge on any atom is 0.272 e. The number of amides is 1. The summed E-state index contributed by atoms with van der Waals surface area (Å²) in [6, 6.07) is 14.6. The lowest BCUT2D eigenvalue weighted by Crippen LogP contribution is -2.32. The molecule has 0 unspecified atom stereocenters. The second kappa shape index (κ2) is 7.06. The number of hydrogen-bond donors (Lipinski definition) is 2. The maximum atomic E-state index is 12.7. The van der Waals surface area contributed by atoms with Crippen LogP contribution in [0, 0.1) is 0 Å². The Hall–Kier alpha value is -3.68. The van der Waals surface area contributed by atoms with Gasteiger partial charge in [-0.2, -0.15) is 20.1 Å². The molecule has 0 fully saturated rings. The number of benzene rings is 1. The quantitative estimate of drug-likeness (QED) is 0.557. The van der Waals surface area contributed by atoms with Gasteiger partial charge in [0.05, 0.1) is 31.2 Å². The Morgan fingerprint density at radius 2 is 1.96 bits per heavy atom. The van der Waals surface area contributed by atoms with E-state index in [0.29, 0.717) is 18.0 Å². The van der Waals surface area contributed by atoms with Crippen LogP contribution in [0.25, 0.3) is 11.5 Å². The highest BCUT2D eigenvalue weighted by atomic mass is 16.3. The van der Waals surface area contributed by atoms with Crippen molar-refractivity contribution in [1.29, 1.82) is 0 Å². The van der Waals surface area contributed by atoms with E-state index in [1.54, 1.807) is 36.9 Å². The van der Waals surface area contributed by atoms with Gasteiger partial charge >= 0.3 is 0 Å². The molecule has 0 saturated heterocycles. The maximum absolute atomic E-state index is 12.7. The normalized spacial score (nSPS) is 12.0. The molecule has 1 aromatic carbocycles. The minimum atomic E-state index is -0.292. The van der Waals surface area contributed by atoms with Crippen LogP contribution in [0.1, 0.15) is 22.1 Å². The van der Waals surface area contributed by atoms with Gasteiger partial charge in [-0.05, 0) is 17.7 Å². The molecule has 4 rings (SSSR count). The molecule has 0 aliphatic carbocycles. The number of nitrogens with zero attached hydrogens (tertiary/aromatic N) is 4. The molecule has 1 atom stereocenters. The number of furan rings is 1. The van der Waals surface area contributed by atoms with E-state index in [9.17, 15) is 4.79 Å². The third-order valence-corrected chi connectivity index (χ3v) is 3.92. The summed E-state index contributed by atoms with van der Waals surface area (Å²) < 4.78 is 5.31. The zero-order chi connectivity index (χ0) is 17.8. The molecule has 0 radical (unpaired) electrons. The fourth-order valence-corrected chi connectivity index (χ4v) is 2.65. The van der Waals surface area contributed by atoms with Crippen molar-refractivity contribution in [1.82, 2.24) is 30.5 Å². The van der Waals surface area contributed by atoms with E-state index in [-0.39, 0.29) is 17.6 Å². The minimum absolute atomic E-state index is 0.283. The number of aromatic amines is 1. The van der Waals surface area contributed by atoms with E-state index >= 15 is 0 Å². The Kier molecular flexibility index (Phi) is 4.29. The molecule has 0 aliphatic rings. The number of rotatable bonds is 6. The van der Waals surface area contributed by atoms with Gasteiger partial charge < -0.3 is 9.73 Å². The van der Waals surface area contributed by atoms with Crippen LogP contribution in [-0.4, -0.2) is 31.1 Å². The Morgan fingerprint density at radius 1 is 1.15 bits per heavy atom. The SMILES string of the molecule is O=C(N[C@@H](Cn1nccn1)c1ccccc1)c1cc(-c2ccco2)[nH]n1. The summed E-state index contributed by atoms with van der Waals surface area (Å²) in [6.45, 7) is 0.415. The van der Waals surface area contributed by atoms with Gasteiger partial charge in [-0.3, -0.25) is 9.89 Å². The smallest absolute Gasteiger partial charge is 0.272 e. The lowest BCUT2D eigenvalue weighted by molar-refractivity contribution is 0.0925. The van der Waals surface area contributed by atoms with Crippen molar-refractivity contribution in [2.75, 3.05) is 0 Å². The molecule has 4 aromatic rings. The molecule has 130 valence electrons. The van der Waals surface area contributed by atoms with E-state index < -0.39 is 0 Å². The third-order valence-electron chi connectivity index (χ3n) is 3.92. The largest absolute Gasteiger partial charge is 0.463 e. The first kappa shape index (κ1) is 15.8. The van der Waals surface area contributed by atoms with Gasteiger partial charge in [0.1, 0.15) is 5.69 Å². The minimum Gasteiger partial charge on any atom is -0.463 e. The number of aromatic nitrogens is 5. The first-order valence-electron chi connectivity index (χ1n) is 8.09. The van der Waals surface area contributed by atoms with Gasteiger partial charge in [-0.1, -0.05) is 30.3 Å². The first-order valence-corrected chi connectivity index (χ1v) is 8.09. The van der Waals surface area contributed by atoms with E-state index in [4.69, 9.17) is 4.42 Å². The van der Waals surface area contributed by atoms with Gasteiger partial charge in [0.2, 0.25) is 0 Å². The van der Waals surface area contributed by atoms with Crippen LogP contribution in [0.15, 0.2) is 71.6 Å². The standard InChI is InChI=1S/C18H16N6O2/c25-18(15-11-14(22-23-15)17-7-4-10-26-17)21-16(12-24-19-8-9-20-24)13-5-2-1-3-6-13/h1-11,16H,12H2,(H,21,25)(H,22,23)/t16-/m0/s1. The monoisotopic (exact) mass is 348 g/mol. The highest BCUT2D eigenvalue weighted by Gasteiger charge is 2.19. The summed E-state index contributed by atoms with van der Waals surface area (Å²) in [5.41, 5.74) is 1.89. The Balaban J connectivity index is 1.54. The lowest BCUT2D eigenvalue weighted by Gasteiger charge is -2.18. The van der Waals surface area contributed by atoms with Crippen LogP contribution >= 0.6 is 0 Å². The van der Waals surface area contributed by atoms with Crippen molar-refractivity contribution in [2.45, 2.75) is 12.6 Å². The zero-order valence-corrected chi connectivity index (χ0v) is 13.7. The van der Waals surface area contributed by atoms with Crippen LogP contribution in [0.2, 0.25) is 0 Å². The van der Waals surface area contributed by atoms with E-state index in [1.807, 2.05) is 30.3 Å². The van der Waals surface area contributed by atoms with Gasteiger partial charge in [0.25, 0.3) is 5.91 Å². The van der Waals surface area contributed by atoms with Crippen molar-refractivity contribution < 1.29 is 9.21 Å². The number of hydrogen-bond acceptors (Lipinski definition) is 5. The van der Waals surface area contributed by atoms with Gasteiger partial charge in [0.15, 0.2) is 11.5 Å². The van der Waals surface area contributed by atoms with Crippen molar-refractivity contribution in [2.24, 2.45) is 0 Å². The van der Waals surface area contributed by atoms with E-state index in [0.717, 1.165) is 5.56 Å². The number of carbonyl (C=O) groups excluding carboxylic acids is 1. The lowest BCUT2D eigenvalue weighted by atomic mass is 10.1. The van der Waals surface area contributed by atoms with Crippen molar-refractivity contribution in [3.8, 4) is 11.5 Å². The van der Waals surface area contributed by atoms with Gasteiger partial charge in [0, 0.05) is 6.07 Å². The molecule has 0 aliphatic heterocycles. The van der Waals surface area contributed by atoms with Crippen molar-refractivity contribution in [3.63, 3.8) is 0 Å². The fraction of sp³-hybridized carbons (Fsp3) is 0.111. The summed E-state index contributed by atoms with van der Waals surface area (Å²) in [4.78, 5) is 14.2. The fourth-order valence-electron chi connectivity index (χ4n) is 2.65. The molecule has 0 bridgehead atoms. The number of carbonyl (C=O) groups is 1. The summed E-state index contributed by atoms with van der Waals surface area (Å²) in [6.07, 6.45) is 4.78. The highest BCUT2D eigenvalue weighted by Crippen LogP contribution is 2.19. The third kappa shape index (κ3) is 3.39. The van der Waals surface area contributed by atoms with Crippen LogP contribution in [0.5, 0.6) is 0 Å². The van der Waals surface area contributed by atoms with Gasteiger partial charge in [-0.25, -0.2) is 0 Å². The molecule has 2 N–H and O–H groups in total. The average Bonchev–Trinajstić information content (AvgIpc) is 3.42. The second-order valence-electron chi connectivity index (χ2n) is 5.66. The van der Waals surface area contributed by atoms with Crippen LogP contribution in [0.3, 0.4) is 0 Å². The van der Waals surface area contributed by atoms with E-state index in [2.05, 4.69) is 25.7 Å². The molecule has 3 aromatic heterocycles. The number of nitrogens with one attached hydrogen (secondary N) is 2. The molecule has 3 heterocycles. The average molecular weight is 348 g/mol. The summed E-state index contributed by atoms with van der Waals surface area (Å²) in [7, 11) is 0. The Bertz CT molecular complexity index is 960. The molecule has 26 heavy (non-hydrogen) atoms.